The second-order valence-electron chi connectivity index (χ2n) is 8.26. The minimum absolute atomic E-state index is 0.355. The number of hydrogen-bond acceptors (Lipinski definition) is 6. The van der Waals surface area contributed by atoms with E-state index in [2.05, 4.69) is 9.71 Å². The standard InChI is InChI=1S/C17H29F3N2O6S/c1-15(2,3)27-13(23)12(22-14(24)28-16(4,5)6)8-10-21-29(25,26)11-7-9-17(18,19)20/h10,12H,7-9,11H2,1-6H3,(H,22,24)/t12-/m0/s1. The molecule has 0 aromatic carbocycles. The van der Waals surface area contributed by atoms with Crippen molar-refractivity contribution < 1.29 is 40.7 Å². The quantitative estimate of drug-likeness (QED) is 0.452. The predicted octanol–water partition coefficient (Wildman–Crippen LogP) is 3.35. The van der Waals surface area contributed by atoms with Gasteiger partial charge in [0, 0.05) is 19.1 Å². The van der Waals surface area contributed by atoms with Gasteiger partial charge in [0.05, 0.1) is 5.75 Å². The molecule has 170 valence electrons. The number of alkyl halides is 3. The maximum Gasteiger partial charge on any atom is 0.408 e. The van der Waals surface area contributed by atoms with Crippen molar-refractivity contribution in [1.29, 1.82) is 0 Å². The molecule has 0 spiro atoms. The highest BCUT2D eigenvalue weighted by molar-refractivity contribution is 7.90. The maximum atomic E-state index is 12.3. The van der Waals surface area contributed by atoms with Gasteiger partial charge in [-0.2, -0.15) is 17.6 Å². The lowest BCUT2D eigenvalue weighted by Crippen LogP contribution is -2.46. The van der Waals surface area contributed by atoms with Crippen LogP contribution in [0.4, 0.5) is 18.0 Å². The second kappa shape index (κ2) is 10.3. The Morgan fingerprint density at radius 3 is 2.00 bits per heavy atom. The number of carbonyl (C=O) groups is 2. The first-order valence-electron chi connectivity index (χ1n) is 8.85. The van der Waals surface area contributed by atoms with Crippen LogP contribution >= 0.6 is 0 Å². The van der Waals surface area contributed by atoms with Gasteiger partial charge in [-0.1, -0.05) is 0 Å². The molecule has 0 aromatic rings. The summed E-state index contributed by atoms with van der Waals surface area (Å²) in [7, 11) is -4.14. The summed E-state index contributed by atoms with van der Waals surface area (Å²) in [6.45, 7) is 9.66. The van der Waals surface area contributed by atoms with Crippen LogP contribution in [0.5, 0.6) is 0 Å². The number of halogens is 3. The van der Waals surface area contributed by atoms with Crippen molar-refractivity contribution in [2.75, 3.05) is 5.75 Å². The number of alkyl carbamates (subject to hydrolysis) is 1. The molecule has 29 heavy (non-hydrogen) atoms. The summed E-state index contributed by atoms with van der Waals surface area (Å²) in [4.78, 5) is 24.2. The molecule has 1 atom stereocenters. The monoisotopic (exact) mass is 446 g/mol. The van der Waals surface area contributed by atoms with Gasteiger partial charge in [-0.25, -0.2) is 18.0 Å². The largest absolute Gasteiger partial charge is 0.458 e. The van der Waals surface area contributed by atoms with Crippen molar-refractivity contribution in [3.63, 3.8) is 0 Å². The number of nitrogens with one attached hydrogen (secondary N) is 1. The molecular formula is C17H29F3N2O6S. The summed E-state index contributed by atoms with van der Waals surface area (Å²) < 4.78 is 73.3. The highest BCUT2D eigenvalue weighted by Gasteiger charge is 2.29. The fourth-order valence-corrected chi connectivity index (χ4v) is 2.73. The van der Waals surface area contributed by atoms with E-state index < -0.39 is 64.1 Å². The van der Waals surface area contributed by atoms with E-state index in [1.54, 1.807) is 41.5 Å². The molecule has 12 heteroatoms. The van der Waals surface area contributed by atoms with Gasteiger partial charge in [-0.15, -0.1) is 0 Å². The van der Waals surface area contributed by atoms with Crippen LogP contribution in [0.3, 0.4) is 0 Å². The van der Waals surface area contributed by atoms with E-state index >= 15 is 0 Å². The van der Waals surface area contributed by atoms with E-state index in [9.17, 15) is 31.2 Å². The number of rotatable bonds is 8. The second-order valence-corrected chi connectivity index (χ2v) is 10.0. The van der Waals surface area contributed by atoms with Crippen LogP contribution in [0.1, 0.15) is 60.8 Å². The summed E-state index contributed by atoms with van der Waals surface area (Å²) in [5, 5.41) is 2.27. The van der Waals surface area contributed by atoms with E-state index in [0.717, 1.165) is 6.21 Å². The smallest absolute Gasteiger partial charge is 0.408 e. The zero-order chi connectivity index (χ0) is 23.1. The number of ether oxygens (including phenoxy) is 2. The van der Waals surface area contributed by atoms with Crippen LogP contribution < -0.4 is 5.32 Å². The van der Waals surface area contributed by atoms with Gasteiger partial charge in [0.15, 0.2) is 0 Å². The Morgan fingerprint density at radius 2 is 1.55 bits per heavy atom. The molecule has 0 saturated carbocycles. The van der Waals surface area contributed by atoms with Gasteiger partial charge < -0.3 is 14.8 Å². The molecule has 0 saturated heterocycles. The lowest BCUT2D eigenvalue weighted by Gasteiger charge is -2.25. The predicted molar refractivity (Wildman–Crippen MR) is 101 cm³/mol. The van der Waals surface area contributed by atoms with Crippen molar-refractivity contribution in [1.82, 2.24) is 5.32 Å². The summed E-state index contributed by atoms with van der Waals surface area (Å²) in [5.74, 6) is -1.64. The van der Waals surface area contributed by atoms with Crippen LogP contribution in [0, 0.1) is 0 Å². The Balaban J connectivity index is 5.08. The van der Waals surface area contributed by atoms with Crippen LogP contribution in [-0.4, -0.2) is 55.9 Å². The maximum absolute atomic E-state index is 12.3. The summed E-state index contributed by atoms with van der Waals surface area (Å²) in [5.41, 5.74) is -1.70. The van der Waals surface area contributed by atoms with E-state index in [0.29, 0.717) is 0 Å². The van der Waals surface area contributed by atoms with E-state index in [-0.39, 0.29) is 6.42 Å². The van der Waals surface area contributed by atoms with Crippen LogP contribution in [0.25, 0.3) is 0 Å². The fraction of sp³-hybridized carbons (Fsp3) is 0.824. The highest BCUT2D eigenvalue weighted by atomic mass is 32.2. The van der Waals surface area contributed by atoms with Crippen molar-refractivity contribution in [3.05, 3.63) is 0 Å². The first-order chi connectivity index (χ1) is 12.8. The minimum Gasteiger partial charge on any atom is -0.458 e. The van der Waals surface area contributed by atoms with Crippen molar-refractivity contribution in [2.45, 2.75) is 84.2 Å². The molecule has 0 aromatic heterocycles. The SMILES string of the molecule is CC(C)(C)OC(=O)N[C@@H](CC=NS(=O)(=O)CCCC(F)(F)F)C(=O)OC(C)(C)C. The first-order valence-corrected chi connectivity index (χ1v) is 10.5. The van der Waals surface area contributed by atoms with Crippen LogP contribution in [-0.2, 0) is 24.3 Å². The molecule has 0 fully saturated rings. The zero-order valence-electron chi connectivity index (χ0n) is 17.4. The summed E-state index contributed by atoms with van der Waals surface area (Å²) in [6, 6.07) is -1.29. The Kier molecular flexibility index (Phi) is 9.61. The lowest BCUT2D eigenvalue weighted by atomic mass is 10.1. The van der Waals surface area contributed by atoms with Crippen molar-refractivity contribution >= 4 is 28.3 Å². The molecule has 0 radical (unpaired) electrons. The molecule has 0 unspecified atom stereocenters. The Hall–Kier alpha value is -1.85. The van der Waals surface area contributed by atoms with Gasteiger partial charge in [-0.05, 0) is 48.0 Å². The van der Waals surface area contributed by atoms with Crippen LogP contribution in [0.2, 0.25) is 0 Å². The van der Waals surface area contributed by atoms with Crippen molar-refractivity contribution in [2.24, 2.45) is 4.40 Å². The molecular weight excluding hydrogens is 417 g/mol. The third-order valence-corrected chi connectivity index (χ3v) is 4.10. The molecule has 0 bridgehead atoms. The molecule has 1 amide bonds. The third kappa shape index (κ3) is 15.7. The highest BCUT2D eigenvalue weighted by Crippen LogP contribution is 2.21. The summed E-state index contributed by atoms with van der Waals surface area (Å²) in [6.07, 6.45) is -6.77. The zero-order valence-corrected chi connectivity index (χ0v) is 18.2. The average molecular weight is 446 g/mol. The van der Waals surface area contributed by atoms with E-state index in [4.69, 9.17) is 9.47 Å². The molecule has 0 aliphatic heterocycles. The topological polar surface area (TPSA) is 111 Å². The average Bonchev–Trinajstić information content (AvgIpc) is 2.40. The molecule has 8 nitrogen and oxygen atoms in total. The number of sulfonamides is 1. The Labute approximate surface area is 169 Å². The van der Waals surface area contributed by atoms with Gasteiger partial charge in [0.1, 0.15) is 17.2 Å². The first kappa shape index (κ1) is 27.1. The fourth-order valence-electron chi connectivity index (χ4n) is 1.81. The number of nitrogens with zero attached hydrogens (tertiary/aromatic N) is 1. The third-order valence-electron chi connectivity index (χ3n) is 2.82. The summed E-state index contributed by atoms with van der Waals surface area (Å²) >= 11 is 0. The van der Waals surface area contributed by atoms with Gasteiger partial charge in [-0.3, -0.25) is 0 Å². The molecule has 0 aliphatic carbocycles. The van der Waals surface area contributed by atoms with E-state index in [1.165, 1.54) is 0 Å². The van der Waals surface area contributed by atoms with Gasteiger partial charge >= 0.3 is 18.2 Å². The lowest BCUT2D eigenvalue weighted by molar-refractivity contribution is -0.157. The number of carbonyl (C=O) groups excluding carboxylic acids is 2. The minimum atomic E-state index is -4.46. The molecule has 0 aliphatic rings. The molecule has 1 N–H and O–H groups in total. The molecule has 0 heterocycles. The van der Waals surface area contributed by atoms with Gasteiger partial charge in [0.25, 0.3) is 10.0 Å². The van der Waals surface area contributed by atoms with Crippen LogP contribution in [0.15, 0.2) is 4.40 Å². The number of amides is 1. The molecule has 0 rings (SSSR count). The van der Waals surface area contributed by atoms with Crippen molar-refractivity contribution in [3.8, 4) is 0 Å². The van der Waals surface area contributed by atoms with E-state index in [1.807, 2.05) is 0 Å². The number of hydrogen-bond donors (Lipinski definition) is 1. The normalized spacial score (nSPS) is 14.5. The Morgan fingerprint density at radius 1 is 1.03 bits per heavy atom. The van der Waals surface area contributed by atoms with Gasteiger partial charge in [0.2, 0.25) is 0 Å². The Bertz CT molecular complexity index is 691. The number of esters is 1.